The number of carbonyl (C=O) groups is 4. The number of thioether (sulfide) groups is 1. The van der Waals surface area contributed by atoms with Gasteiger partial charge in [0.05, 0.1) is 6.04 Å². The van der Waals surface area contributed by atoms with Gasteiger partial charge in [-0.2, -0.15) is 11.8 Å². The molecule has 4 unspecified atom stereocenters. The Balaban J connectivity index is 5.57. The van der Waals surface area contributed by atoms with Gasteiger partial charge in [-0.05, 0) is 82.9 Å². The van der Waals surface area contributed by atoms with Gasteiger partial charge in [0.1, 0.15) is 18.1 Å². The lowest BCUT2D eigenvalue weighted by Gasteiger charge is -2.25. The number of carboxylic acid groups (broad SMARTS) is 1. The molecular weight excluding hydrogens is 514 g/mol. The van der Waals surface area contributed by atoms with Crippen molar-refractivity contribution >= 4 is 41.4 Å². The second-order valence-corrected chi connectivity index (χ2v) is 9.91. The first kappa shape index (κ1) is 35.4. The van der Waals surface area contributed by atoms with Gasteiger partial charge in [-0.1, -0.05) is 0 Å². The van der Waals surface area contributed by atoms with E-state index >= 15 is 0 Å². The lowest BCUT2D eigenvalue weighted by atomic mass is 10.0. The van der Waals surface area contributed by atoms with E-state index in [0.29, 0.717) is 57.4 Å². The second kappa shape index (κ2) is 21.3. The van der Waals surface area contributed by atoms with Crippen LogP contribution < -0.4 is 44.6 Å². The van der Waals surface area contributed by atoms with Crippen molar-refractivity contribution in [2.75, 3.05) is 31.6 Å². The maximum Gasteiger partial charge on any atom is 0.326 e. The lowest BCUT2D eigenvalue weighted by Crippen LogP contribution is -2.57. The molecule has 0 aromatic heterocycles. The summed E-state index contributed by atoms with van der Waals surface area (Å²) in [6.45, 7) is 1.05. The maximum atomic E-state index is 13.2. The maximum absolute atomic E-state index is 13.2. The van der Waals surface area contributed by atoms with Gasteiger partial charge < -0.3 is 49.7 Å². The van der Waals surface area contributed by atoms with Gasteiger partial charge in [0, 0.05) is 6.54 Å². The van der Waals surface area contributed by atoms with Crippen LogP contribution in [0.3, 0.4) is 0 Å². The van der Waals surface area contributed by atoms with Crippen molar-refractivity contribution in [3.63, 3.8) is 0 Å². The van der Waals surface area contributed by atoms with Gasteiger partial charge in [-0.25, -0.2) is 4.79 Å². The van der Waals surface area contributed by atoms with Crippen LogP contribution in [0.1, 0.15) is 57.8 Å². The molecule has 0 aliphatic heterocycles. The number of aliphatic carboxylic acids is 1. The van der Waals surface area contributed by atoms with E-state index in [-0.39, 0.29) is 31.8 Å². The Hall–Kier alpha value is -2.62. The summed E-state index contributed by atoms with van der Waals surface area (Å²) in [5.41, 5.74) is 27.7. The smallest absolute Gasteiger partial charge is 0.326 e. The number of rotatable bonds is 22. The Morgan fingerprint density at radius 1 is 0.763 bits per heavy atom. The van der Waals surface area contributed by atoms with Crippen LogP contribution in [0.4, 0.5) is 0 Å². The third-order valence-corrected chi connectivity index (χ3v) is 6.33. The molecule has 14 nitrogen and oxygen atoms in total. The number of hydrogen-bond acceptors (Lipinski definition) is 9. The molecule has 3 amide bonds. The number of nitrogens with one attached hydrogen (secondary N) is 3. The highest BCUT2D eigenvalue weighted by Gasteiger charge is 2.29. The van der Waals surface area contributed by atoms with Crippen molar-refractivity contribution in [2.24, 2.45) is 33.7 Å². The summed E-state index contributed by atoms with van der Waals surface area (Å²) in [5, 5.41) is 17.4. The summed E-state index contributed by atoms with van der Waals surface area (Å²) in [5.74, 6) is -2.30. The summed E-state index contributed by atoms with van der Waals surface area (Å²) in [7, 11) is 0. The van der Waals surface area contributed by atoms with Gasteiger partial charge in [0.15, 0.2) is 5.96 Å². The summed E-state index contributed by atoms with van der Waals surface area (Å²) in [6.07, 6.45) is 5.64. The molecular formula is C23H47N9O5S. The normalized spacial score (nSPS) is 14.0. The van der Waals surface area contributed by atoms with Gasteiger partial charge in [0.2, 0.25) is 17.7 Å². The zero-order valence-electron chi connectivity index (χ0n) is 22.3. The number of nitrogens with two attached hydrogens (primary N) is 5. The highest BCUT2D eigenvalue weighted by molar-refractivity contribution is 7.98. The topological polar surface area (TPSA) is 267 Å². The molecule has 0 saturated heterocycles. The van der Waals surface area contributed by atoms with Gasteiger partial charge in [-0.15, -0.1) is 0 Å². The summed E-state index contributed by atoms with van der Waals surface area (Å²) < 4.78 is 0. The Kier molecular flexibility index (Phi) is 19.9. The van der Waals surface area contributed by atoms with Crippen molar-refractivity contribution in [1.29, 1.82) is 0 Å². The third kappa shape index (κ3) is 16.3. The molecule has 220 valence electrons. The Bertz CT molecular complexity index is 753. The molecule has 0 spiro atoms. The van der Waals surface area contributed by atoms with E-state index in [1.165, 1.54) is 0 Å². The number of hydrogen-bond donors (Lipinski definition) is 9. The molecule has 0 aliphatic rings. The zero-order chi connectivity index (χ0) is 28.9. The molecule has 0 fully saturated rings. The highest BCUT2D eigenvalue weighted by Crippen LogP contribution is 2.08. The van der Waals surface area contributed by atoms with Crippen molar-refractivity contribution in [2.45, 2.75) is 82.0 Å². The first-order chi connectivity index (χ1) is 18.1. The Labute approximate surface area is 229 Å². The molecule has 15 heteroatoms. The average molecular weight is 562 g/mol. The number of guanidine groups is 1. The fourth-order valence-electron chi connectivity index (χ4n) is 3.48. The van der Waals surface area contributed by atoms with Crippen LogP contribution in [0.2, 0.25) is 0 Å². The van der Waals surface area contributed by atoms with Gasteiger partial charge >= 0.3 is 5.97 Å². The number of nitrogens with zero attached hydrogens (tertiary/aromatic N) is 1. The number of unbranched alkanes of at least 4 members (excludes halogenated alkanes) is 2. The third-order valence-electron chi connectivity index (χ3n) is 5.69. The van der Waals surface area contributed by atoms with Gasteiger partial charge in [0.25, 0.3) is 0 Å². The van der Waals surface area contributed by atoms with Crippen molar-refractivity contribution < 1.29 is 24.3 Å². The molecule has 0 rings (SSSR count). The van der Waals surface area contributed by atoms with E-state index in [4.69, 9.17) is 28.7 Å². The molecule has 0 heterocycles. The van der Waals surface area contributed by atoms with E-state index in [1.807, 2.05) is 6.26 Å². The standard InChI is InChI=1S/C23H47N9O5S/c1-38-14-10-15(26)19(33)30-17(9-6-13-29-23(27)28)20(34)31-16(7-2-4-11-24)21(35)32-18(22(36)37)8-3-5-12-25/h15-18H,2-14,24-26H2,1H3,(H,30,33)(H,31,34)(H,32,35)(H,36,37)(H4,27,28,29). The molecule has 14 N–H and O–H groups in total. The molecule has 4 atom stereocenters. The Morgan fingerprint density at radius 2 is 1.24 bits per heavy atom. The summed E-state index contributed by atoms with van der Waals surface area (Å²) >= 11 is 1.55. The van der Waals surface area contributed by atoms with E-state index in [9.17, 15) is 24.3 Å². The predicted octanol–water partition coefficient (Wildman–Crippen LogP) is -2.08. The molecule has 0 aliphatic carbocycles. The lowest BCUT2D eigenvalue weighted by molar-refractivity contribution is -0.142. The number of carbonyl (C=O) groups excluding carboxylic acids is 3. The monoisotopic (exact) mass is 561 g/mol. The van der Waals surface area contributed by atoms with Crippen molar-refractivity contribution in [3.05, 3.63) is 0 Å². The van der Waals surface area contributed by atoms with Gasteiger partial charge in [-0.3, -0.25) is 19.4 Å². The van der Waals surface area contributed by atoms with Crippen molar-refractivity contribution in [3.8, 4) is 0 Å². The SMILES string of the molecule is CSCCC(N)C(=O)NC(CCCN=C(N)N)C(=O)NC(CCCCN)C(=O)NC(CCCCN)C(=O)O. The minimum Gasteiger partial charge on any atom is -0.480 e. The average Bonchev–Trinajstić information content (AvgIpc) is 2.87. The van der Waals surface area contributed by atoms with E-state index in [0.717, 1.165) is 0 Å². The number of carboxylic acids is 1. The molecule has 38 heavy (non-hydrogen) atoms. The summed E-state index contributed by atoms with van der Waals surface area (Å²) in [6, 6.07) is -3.94. The minimum atomic E-state index is -1.17. The number of amides is 3. The Morgan fingerprint density at radius 3 is 1.71 bits per heavy atom. The van der Waals surface area contributed by atoms with Crippen LogP contribution in [0.25, 0.3) is 0 Å². The van der Waals surface area contributed by atoms with E-state index in [1.54, 1.807) is 11.8 Å². The predicted molar refractivity (Wildman–Crippen MR) is 150 cm³/mol. The fraction of sp³-hybridized carbons (Fsp3) is 0.783. The minimum absolute atomic E-state index is 0.0924. The van der Waals surface area contributed by atoms with Crippen LogP contribution >= 0.6 is 11.8 Å². The molecule has 0 saturated carbocycles. The number of aliphatic imine (C=N–C) groups is 1. The zero-order valence-corrected chi connectivity index (χ0v) is 23.1. The van der Waals surface area contributed by atoms with Crippen LogP contribution in [0, 0.1) is 0 Å². The van der Waals surface area contributed by atoms with Crippen molar-refractivity contribution in [1.82, 2.24) is 16.0 Å². The van der Waals surface area contributed by atoms with Crippen LogP contribution in [-0.4, -0.2) is 90.6 Å². The fourth-order valence-corrected chi connectivity index (χ4v) is 3.97. The first-order valence-electron chi connectivity index (χ1n) is 12.9. The van der Waals surface area contributed by atoms with E-state index < -0.39 is 47.9 Å². The molecule has 0 radical (unpaired) electrons. The van der Waals surface area contributed by atoms with Crippen LogP contribution in [0.5, 0.6) is 0 Å². The largest absolute Gasteiger partial charge is 0.480 e. The second-order valence-electron chi connectivity index (χ2n) is 8.93. The van der Waals surface area contributed by atoms with Crippen LogP contribution in [-0.2, 0) is 19.2 Å². The highest BCUT2D eigenvalue weighted by atomic mass is 32.2. The molecule has 0 bridgehead atoms. The molecule has 0 aromatic rings. The van der Waals surface area contributed by atoms with Crippen LogP contribution in [0.15, 0.2) is 4.99 Å². The van der Waals surface area contributed by atoms with E-state index in [2.05, 4.69) is 20.9 Å². The summed E-state index contributed by atoms with van der Waals surface area (Å²) in [4.78, 5) is 54.4. The quantitative estimate of drug-likeness (QED) is 0.0393. The first-order valence-corrected chi connectivity index (χ1v) is 14.3. The molecule has 0 aromatic carbocycles.